The molecule has 0 nitrogen and oxygen atoms in total. The predicted octanol–water partition coefficient (Wildman–Crippen LogP) is 6.56. The number of rotatable bonds is 9. The highest BCUT2D eigenvalue weighted by Gasteiger charge is 1.93. The van der Waals surface area contributed by atoms with E-state index in [1.54, 1.807) is 6.08 Å². The van der Waals surface area contributed by atoms with Crippen LogP contribution >= 0.6 is 0 Å². The van der Waals surface area contributed by atoms with Crippen molar-refractivity contribution in [3.63, 3.8) is 0 Å². The molecule has 0 aliphatic carbocycles. The zero-order chi connectivity index (χ0) is 14.2. The molecule has 1 rings (SSSR count). The van der Waals surface area contributed by atoms with Crippen LogP contribution in [0.5, 0.6) is 0 Å². The van der Waals surface area contributed by atoms with Crippen molar-refractivity contribution in [1.29, 1.82) is 0 Å². The van der Waals surface area contributed by atoms with Crippen LogP contribution in [0.2, 0.25) is 0 Å². The second-order valence-electron chi connectivity index (χ2n) is 5.12. The van der Waals surface area contributed by atoms with Gasteiger partial charge in [-0.05, 0) is 25.3 Å². The lowest BCUT2D eigenvalue weighted by atomic mass is 10.0. The maximum Gasteiger partial charge on any atom is -0.0279 e. The minimum Gasteiger partial charge on any atom is -0.103 e. The van der Waals surface area contributed by atoms with Crippen LogP contribution in [0.3, 0.4) is 0 Å². The first-order chi connectivity index (χ1) is 9.35. The van der Waals surface area contributed by atoms with E-state index < -0.39 is 0 Å². The number of benzene rings is 1. The first kappa shape index (κ1) is 18.0. The van der Waals surface area contributed by atoms with Gasteiger partial charge in [0.25, 0.3) is 0 Å². The van der Waals surface area contributed by atoms with Crippen LogP contribution in [0.15, 0.2) is 43.0 Å². The Kier molecular flexibility index (Phi) is 14.2. The molecule has 0 aromatic heterocycles. The van der Waals surface area contributed by atoms with Crippen molar-refractivity contribution >= 4 is 0 Å². The van der Waals surface area contributed by atoms with Crippen molar-refractivity contribution in [1.82, 2.24) is 0 Å². The Morgan fingerprint density at radius 3 is 1.84 bits per heavy atom. The maximum atomic E-state index is 3.36. The molecule has 0 unspecified atom stereocenters. The molecule has 0 fully saturated rings. The lowest BCUT2D eigenvalue weighted by molar-refractivity contribution is 0.575. The highest BCUT2D eigenvalue weighted by molar-refractivity contribution is 5.14. The standard InChI is InChI=1S/C16H26.C3H6/c1-2-3-4-5-6-7-8-10-13-16-14-11-9-12-15-16;1-3-2/h9,11-12,14-15H,2-8,10,13H2,1H3;3H,1H2,2H3. The Morgan fingerprint density at radius 1 is 0.842 bits per heavy atom. The van der Waals surface area contributed by atoms with Gasteiger partial charge in [0, 0.05) is 0 Å². The molecule has 108 valence electrons. The molecule has 0 N–H and O–H groups in total. The van der Waals surface area contributed by atoms with Gasteiger partial charge in [-0.1, -0.05) is 88.3 Å². The average molecular weight is 260 g/mol. The Bertz CT molecular complexity index is 273. The number of unbranched alkanes of at least 4 members (excludes halogenated alkanes) is 7. The van der Waals surface area contributed by atoms with Crippen LogP contribution in [-0.2, 0) is 6.42 Å². The zero-order valence-electron chi connectivity index (χ0n) is 13.0. The minimum absolute atomic E-state index is 1.26. The summed E-state index contributed by atoms with van der Waals surface area (Å²) in [6.45, 7) is 7.53. The normalized spacial score (nSPS) is 9.58. The molecule has 1 aromatic rings. The van der Waals surface area contributed by atoms with E-state index >= 15 is 0 Å². The quantitative estimate of drug-likeness (QED) is 0.348. The first-order valence-electron chi connectivity index (χ1n) is 7.96. The van der Waals surface area contributed by atoms with E-state index in [-0.39, 0.29) is 0 Å². The van der Waals surface area contributed by atoms with Gasteiger partial charge in [0.1, 0.15) is 0 Å². The molecule has 0 amide bonds. The number of hydrogen-bond acceptors (Lipinski definition) is 0. The van der Waals surface area contributed by atoms with E-state index in [4.69, 9.17) is 0 Å². The second kappa shape index (κ2) is 15.0. The van der Waals surface area contributed by atoms with Crippen LogP contribution in [-0.4, -0.2) is 0 Å². The van der Waals surface area contributed by atoms with Crippen molar-refractivity contribution in [2.75, 3.05) is 0 Å². The van der Waals surface area contributed by atoms with Gasteiger partial charge in [0.05, 0.1) is 0 Å². The van der Waals surface area contributed by atoms with Gasteiger partial charge in [-0.2, -0.15) is 0 Å². The van der Waals surface area contributed by atoms with Gasteiger partial charge in [-0.25, -0.2) is 0 Å². The van der Waals surface area contributed by atoms with Gasteiger partial charge in [0.15, 0.2) is 0 Å². The van der Waals surface area contributed by atoms with Crippen LogP contribution in [0.25, 0.3) is 0 Å². The van der Waals surface area contributed by atoms with Gasteiger partial charge < -0.3 is 0 Å². The van der Waals surface area contributed by atoms with Crippen LogP contribution < -0.4 is 0 Å². The third kappa shape index (κ3) is 13.2. The number of hydrogen-bond donors (Lipinski definition) is 0. The molecule has 0 saturated heterocycles. The Balaban J connectivity index is 0.000000982. The summed E-state index contributed by atoms with van der Waals surface area (Å²) < 4.78 is 0. The fourth-order valence-electron chi connectivity index (χ4n) is 2.11. The summed E-state index contributed by atoms with van der Waals surface area (Å²) in [5, 5.41) is 0. The molecular formula is C19H32. The third-order valence-electron chi connectivity index (χ3n) is 3.16. The second-order valence-corrected chi connectivity index (χ2v) is 5.12. The molecule has 0 spiro atoms. The summed E-state index contributed by atoms with van der Waals surface area (Å²) in [6, 6.07) is 10.8. The van der Waals surface area contributed by atoms with Crippen LogP contribution in [0.4, 0.5) is 0 Å². The predicted molar refractivity (Wildman–Crippen MR) is 88.6 cm³/mol. The highest BCUT2D eigenvalue weighted by Crippen LogP contribution is 2.10. The Hall–Kier alpha value is -1.04. The number of aryl methyl sites for hydroxylation is 1. The van der Waals surface area contributed by atoms with Gasteiger partial charge in [0.2, 0.25) is 0 Å². The molecule has 0 aliphatic heterocycles. The van der Waals surface area contributed by atoms with Crippen LogP contribution in [0.1, 0.15) is 70.8 Å². The number of allylic oxidation sites excluding steroid dienone is 1. The van der Waals surface area contributed by atoms with Gasteiger partial charge >= 0.3 is 0 Å². The lowest BCUT2D eigenvalue weighted by Crippen LogP contribution is -1.85. The summed E-state index contributed by atoms with van der Waals surface area (Å²) in [5.74, 6) is 0. The Labute approximate surface area is 120 Å². The van der Waals surface area contributed by atoms with E-state index in [1.807, 2.05) is 6.92 Å². The molecule has 0 aliphatic rings. The highest BCUT2D eigenvalue weighted by atomic mass is 14.0. The fraction of sp³-hybridized carbons (Fsp3) is 0.579. The summed E-state index contributed by atoms with van der Waals surface area (Å²) in [6.07, 6.45) is 14.3. The van der Waals surface area contributed by atoms with Gasteiger partial charge in [-0.3, -0.25) is 0 Å². The largest absolute Gasteiger partial charge is 0.103 e. The topological polar surface area (TPSA) is 0 Å². The zero-order valence-corrected chi connectivity index (χ0v) is 13.0. The summed E-state index contributed by atoms with van der Waals surface area (Å²) in [4.78, 5) is 0. The van der Waals surface area contributed by atoms with Gasteiger partial charge in [-0.15, -0.1) is 6.58 Å². The summed E-state index contributed by atoms with van der Waals surface area (Å²) in [5.41, 5.74) is 1.49. The average Bonchev–Trinajstić information content (AvgIpc) is 2.44. The third-order valence-corrected chi connectivity index (χ3v) is 3.16. The minimum atomic E-state index is 1.26. The molecule has 19 heavy (non-hydrogen) atoms. The van der Waals surface area contributed by atoms with E-state index in [9.17, 15) is 0 Å². The summed E-state index contributed by atoms with van der Waals surface area (Å²) >= 11 is 0. The van der Waals surface area contributed by atoms with Crippen LogP contribution in [0, 0.1) is 0 Å². The summed E-state index contributed by atoms with van der Waals surface area (Å²) in [7, 11) is 0. The van der Waals surface area contributed by atoms with E-state index in [1.165, 1.54) is 63.4 Å². The maximum absolute atomic E-state index is 3.36. The van der Waals surface area contributed by atoms with E-state index in [2.05, 4.69) is 43.8 Å². The smallest absolute Gasteiger partial charge is 0.0279 e. The molecule has 0 bridgehead atoms. The van der Waals surface area contributed by atoms with Crippen molar-refractivity contribution in [2.45, 2.75) is 71.6 Å². The van der Waals surface area contributed by atoms with E-state index in [0.717, 1.165) is 0 Å². The molecule has 1 aromatic carbocycles. The molecule has 0 saturated carbocycles. The lowest BCUT2D eigenvalue weighted by Gasteiger charge is -2.02. The van der Waals surface area contributed by atoms with Crippen molar-refractivity contribution in [2.24, 2.45) is 0 Å². The monoisotopic (exact) mass is 260 g/mol. The Morgan fingerprint density at radius 2 is 1.32 bits per heavy atom. The SMILES string of the molecule is C=CC.CCCCCCCCCCc1ccccc1. The van der Waals surface area contributed by atoms with E-state index in [0.29, 0.717) is 0 Å². The molecule has 0 radical (unpaired) electrons. The molecular weight excluding hydrogens is 228 g/mol. The van der Waals surface area contributed by atoms with Crippen molar-refractivity contribution in [3.05, 3.63) is 48.6 Å². The molecule has 0 heterocycles. The fourth-order valence-corrected chi connectivity index (χ4v) is 2.11. The molecule has 0 atom stereocenters. The van der Waals surface area contributed by atoms with Crippen molar-refractivity contribution in [3.8, 4) is 0 Å². The first-order valence-corrected chi connectivity index (χ1v) is 7.96. The molecule has 0 heteroatoms. The van der Waals surface area contributed by atoms with Crippen molar-refractivity contribution < 1.29 is 0 Å².